The van der Waals surface area contributed by atoms with Crippen molar-refractivity contribution >= 4 is 30.0 Å². The smallest absolute Gasteiger partial charge is 0.343 e. The van der Waals surface area contributed by atoms with Crippen LogP contribution in [0.15, 0.2) is 78.9 Å². The number of halogens is 2. The van der Waals surface area contributed by atoms with Crippen molar-refractivity contribution in [2.45, 2.75) is 32.0 Å². The summed E-state index contributed by atoms with van der Waals surface area (Å²) in [6.07, 6.45) is 0.149. The van der Waals surface area contributed by atoms with Gasteiger partial charge in [-0.1, -0.05) is 66.2 Å². The van der Waals surface area contributed by atoms with Gasteiger partial charge in [0.2, 0.25) is 0 Å². The van der Waals surface area contributed by atoms with E-state index in [0.717, 1.165) is 24.1 Å². The summed E-state index contributed by atoms with van der Waals surface area (Å²) in [6.45, 7) is 3.25. The number of ether oxygens (including phenoxy) is 2. The predicted octanol–water partition coefficient (Wildman–Crippen LogP) is 5.48. The molecule has 0 aromatic heterocycles. The summed E-state index contributed by atoms with van der Waals surface area (Å²) < 4.78 is 10.0. The lowest BCUT2D eigenvalue weighted by Crippen LogP contribution is -2.37. The molecule has 0 fully saturated rings. The Hall–Kier alpha value is -2.57. The van der Waals surface area contributed by atoms with Crippen LogP contribution < -0.4 is 4.74 Å². The minimum absolute atomic E-state index is 0. The molecular weight excluding hydrogens is 473 g/mol. The first-order valence-electron chi connectivity index (χ1n) is 10.9. The molecule has 7 heteroatoms. The third-order valence-corrected chi connectivity index (χ3v) is 5.77. The number of nitrogens with zero attached hydrogens (tertiary/aromatic N) is 1. The van der Waals surface area contributed by atoms with Crippen molar-refractivity contribution in [3.63, 3.8) is 0 Å². The van der Waals surface area contributed by atoms with Crippen LogP contribution in [0.5, 0.6) is 5.75 Å². The number of methoxy groups -OCH3 is 1. The van der Waals surface area contributed by atoms with E-state index < -0.39 is 12.1 Å². The lowest BCUT2D eigenvalue weighted by Gasteiger charge is -2.31. The van der Waals surface area contributed by atoms with Crippen molar-refractivity contribution in [1.82, 2.24) is 4.90 Å². The lowest BCUT2D eigenvalue weighted by molar-refractivity contribution is -0.142. The zero-order chi connectivity index (χ0) is 23.6. The maximum atomic E-state index is 11.3. The van der Waals surface area contributed by atoms with E-state index in [4.69, 9.17) is 16.3 Å². The van der Waals surface area contributed by atoms with Gasteiger partial charge in [0, 0.05) is 24.2 Å². The summed E-state index contributed by atoms with van der Waals surface area (Å²) >= 11 is 6.13. The molecule has 0 amide bonds. The summed E-state index contributed by atoms with van der Waals surface area (Å²) in [5.41, 5.74) is 3.14. The van der Waals surface area contributed by atoms with E-state index in [2.05, 4.69) is 28.7 Å². The number of hydrogen-bond donors (Lipinski definition) is 1. The van der Waals surface area contributed by atoms with Crippen LogP contribution in [0.1, 0.15) is 29.7 Å². The molecule has 3 aromatic rings. The Labute approximate surface area is 212 Å². The zero-order valence-electron chi connectivity index (χ0n) is 19.4. The Morgan fingerprint density at radius 2 is 1.71 bits per heavy atom. The monoisotopic (exact) mass is 503 g/mol. The molecule has 1 N–H and O–H groups in total. The van der Waals surface area contributed by atoms with Gasteiger partial charge < -0.3 is 14.6 Å². The van der Waals surface area contributed by atoms with E-state index in [9.17, 15) is 9.90 Å². The highest BCUT2D eigenvalue weighted by Crippen LogP contribution is 2.22. The summed E-state index contributed by atoms with van der Waals surface area (Å²) in [6, 6.07) is 25.5. The highest BCUT2D eigenvalue weighted by Gasteiger charge is 2.20. The summed E-state index contributed by atoms with van der Waals surface area (Å²) in [5, 5.41) is 11.5. The van der Waals surface area contributed by atoms with Gasteiger partial charge in [-0.25, -0.2) is 4.79 Å². The fourth-order valence-corrected chi connectivity index (χ4v) is 3.85. The first-order chi connectivity index (χ1) is 15.9. The van der Waals surface area contributed by atoms with E-state index in [1.807, 2.05) is 60.7 Å². The van der Waals surface area contributed by atoms with Crippen molar-refractivity contribution < 1.29 is 19.4 Å². The zero-order valence-corrected chi connectivity index (χ0v) is 21.0. The van der Waals surface area contributed by atoms with Gasteiger partial charge in [0.1, 0.15) is 5.75 Å². The third-order valence-electron chi connectivity index (χ3n) is 5.53. The summed E-state index contributed by atoms with van der Waals surface area (Å²) in [4.78, 5) is 13.5. The molecule has 2 atom stereocenters. The summed E-state index contributed by atoms with van der Waals surface area (Å²) in [7, 11) is 1.33. The van der Waals surface area contributed by atoms with Crippen LogP contribution in [0.4, 0.5) is 0 Å². The number of carbonyl (C=O) groups is 1. The van der Waals surface area contributed by atoms with Crippen molar-refractivity contribution in [1.29, 1.82) is 0 Å². The molecule has 0 spiro atoms. The number of hydrogen-bond acceptors (Lipinski definition) is 5. The number of aliphatic hydroxyl groups is 1. The molecule has 3 rings (SSSR count). The molecule has 34 heavy (non-hydrogen) atoms. The van der Waals surface area contributed by atoms with Gasteiger partial charge in [0.05, 0.1) is 13.2 Å². The first kappa shape index (κ1) is 27.7. The van der Waals surface area contributed by atoms with E-state index in [1.54, 1.807) is 6.07 Å². The lowest BCUT2D eigenvalue weighted by atomic mass is 10.0. The summed E-state index contributed by atoms with van der Waals surface area (Å²) in [5.74, 6) is 0.205. The molecule has 0 radical (unpaired) electrons. The van der Waals surface area contributed by atoms with Crippen LogP contribution in [-0.4, -0.2) is 42.3 Å². The quantitative estimate of drug-likeness (QED) is 0.351. The number of carbonyl (C=O) groups excluding carboxylic acids is 1. The van der Waals surface area contributed by atoms with Crippen LogP contribution in [0.3, 0.4) is 0 Å². The molecule has 0 saturated carbocycles. The molecule has 0 aliphatic heterocycles. The van der Waals surface area contributed by atoms with Crippen molar-refractivity contribution in [2.75, 3.05) is 20.3 Å². The second kappa shape index (κ2) is 14.0. The van der Waals surface area contributed by atoms with Gasteiger partial charge in [-0.05, 0) is 54.3 Å². The van der Waals surface area contributed by atoms with Crippen molar-refractivity contribution in [3.05, 3.63) is 101 Å². The molecular formula is C27H31Cl2NO4. The van der Waals surface area contributed by atoms with E-state index in [0.29, 0.717) is 17.3 Å². The molecule has 5 nitrogen and oxygen atoms in total. The largest absolute Gasteiger partial charge is 0.482 e. The molecule has 182 valence electrons. The maximum Gasteiger partial charge on any atom is 0.343 e. The molecule has 0 aliphatic carbocycles. The van der Waals surface area contributed by atoms with E-state index in [1.165, 1.54) is 12.7 Å². The fourth-order valence-electron chi connectivity index (χ4n) is 3.65. The SMILES string of the molecule is COC(=O)COc1ccc(CC(C)N(Cc2ccccc2)CC(O)c2cccc(Cl)c2)cc1.Cl. The first-order valence-corrected chi connectivity index (χ1v) is 11.3. The van der Waals surface area contributed by atoms with Gasteiger partial charge in [-0.15, -0.1) is 12.4 Å². The Balaban J connectivity index is 0.00000408. The van der Waals surface area contributed by atoms with Gasteiger partial charge >= 0.3 is 5.97 Å². The highest BCUT2D eigenvalue weighted by molar-refractivity contribution is 6.30. The second-order valence-corrected chi connectivity index (χ2v) is 8.48. The van der Waals surface area contributed by atoms with E-state index in [-0.39, 0.29) is 25.1 Å². The highest BCUT2D eigenvalue weighted by atomic mass is 35.5. The number of esters is 1. The predicted molar refractivity (Wildman–Crippen MR) is 138 cm³/mol. The van der Waals surface area contributed by atoms with Crippen molar-refractivity contribution in [2.24, 2.45) is 0 Å². The molecule has 0 aliphatic rings. The van der Waals surface area contributed by atoms with Crippen LogP contribution in [0.2, 0.25) is 5.02 Å². The number of rotatable bonds is 11. The fraction of sp³-hybridized carbons (Fsp3) is 0.296. The van der Waals surface area contributed by atoms with Crippen LogP contribution in [0, 0.1) is 0 Å². The molecule has 3 aromatic carbocycles. The van der Waals surface area contributed by atoms with Gasteiger partial charge in [0.15, 0.2) is 6.61 Å². The van der Waals surface area contributed by atoms with Crippen LogP contribution in [0.25, 0.3) is 0 Å². The maximum absolute atomic E-state index is 11.3. The van der Waals surface area contributed by atoms with Crippen LogP contribution in [-0.2, 0) is 22.5 Å². The standard InChI is InChI=1S/C27H30ClNO4.ClH/c1-20(15-21-11-13-25(14-12-21)33-19-27(31)32-2)29(17-22-7-4-3-5-8-22)18-26(30)23-9-6-10-24(28)16-23;/h3-14,16,20,26,30H,15,17-19H2,1-2H3;1H. The Bertz CT molecular complexity index is 1010. The molecule has 0 heterocycles. The van der Waals surface area contributed by atoms with Gasteiger partial charge in [-0.2, -0.15) is 0 Å². The Kier molecular flexibility index (Phi) is 11.4. The third kappa shape index (κ3) is 8.65. The molecule has 0 bridgehead atoms. The van der Waals surface area contributed by atoms with Crippen LogP contribution >= 0.6 is 24.0 Å². The number of benzene rings is 3. The molecule has 2 unspecified atom stereocenters. The Morgan fingerprint density at radius 3 is 2.35 bits per heavy atom. The molecule has 0 saturated heterocycles. The van der Waals surface area contributed by atoms with E-state index >= 15 is 0 Å². The number of aliphatic hydroxyl groups excluding tert-OH is 1. The average molecular weight is 504 g/mol. The second-order valence-electron chi connectivity index (χ2n) is 8.05. The minimum atomic E-state index is -0.649. The average Bonchev–Trinajstić information content (AvgIpc) is 2.83. The van der Waals surface area contributed by atoms with Gasteiger partial charge in [0.25, 0.3) is 0 Å². The Morgan fingerprint density at radius 1 is 1.00 bits per heavy atom. The normalized spacial score (nSPS) is 12.5. The van der Waals surface area contributed by atoms with Crippen molar-refractivity contribution in [3.8, 4) is 5.75 Å². The topological polar surface area (TPSA) is 59.0 Å². The minimum Gasteiger partial charge on any atom is -0.482 e. The van der Waals surface area contributed by atoms with Gasteiger partial charge in [-0.3, -0.25) is 4.90 Å².